The number of aryl methyl sites for hydroxylation is 1. The number of carbonyl (C=O) groups is 1. The van der Waals surface area contributed by atoms with Crippen LogP contribution in [0.3, 0.4) is 0 Å². The van der Waals surface area contributed by atoms with Crippen LogP contribution in [0.4, 0.5) is 5.69 Å². The molecule has 3 aromatic carbocycles. The molecule has 0 radical (unpaired) electrons. The highest BCUT2D eigenvalue weighted by Gasteiger charge is 2.13. The van der Waals surface area contributed by atoms with Gasteiger partial charge in [-0.2, -0.15) is 5.26 Å². The number of hydrogen-bond acceptors (Lipinski definition) is 3. The van der Waals surface area contributed by atoms with Crippen LogP contribution in [-0.4, -0.2) is 5.91 Å². The second kappa shape index (κ2) is 10.5. The van der Waals surface area contributed by atoms with Crippen LogP contribution in [0.5, 0.6) is 5.75 Å². The Morgan fingerprint density at radius 2 is 1.87 bits per heavy atom. The van der Waals surface area contributed by atoms with Crippen molar-refractivity contribution in [1.29, 1.82) is 5.26 Å². The summed E-state index contributed by atoms with van der Waals surface area (Å²) in [5, 5.41) is 13.2. The predicted octanol–water partition coefficient (Wildman–Crippen LogP) is 7.19. The number of hydrogen-bond donors (Lipinski definition) is 1. The zero-order valence-electron chi connectivity index (χ0n) is 16.5. The van der Waals surface area contributed by atoms with Crippen LogP contribution in [-0.2, 0) is 11.4 Å². The molecule has 3 aromatic rings. The standard InChI is InChI=1S/C24H17BrCl2N2O2/c1-15-2-8-21(12-22(15)27)29-24(30)18(13-28)10-17-11-20(26)7-9-23(17)31-14-16-3-5-19(25)6-4-16/h2-12H,14H2,1H3,(H,29,30)/b18-10+. The van der Waals surface area contributed by atoms with Crippen LogP contribution in [0, 0.1) is 18.3 Å². The predicted molar refractivity (Wildman–Crippen MR) is 128 cm³/mol. The van der Waals surface area contributed by atoms with Crippen molar-refractivity contribution in [1.82, 2.24) is 0 Å². The van der Waals surface area contributed by atoms with Crippen molar-refractivity contribution in [3.05, 3.63) is 97.4 Å². The summed E-state index contributed by atoms with van der Waals surface area (Å²) in [5.74, 6) is -0.0486. The molecule has 4 nitrogen and oxygen atoms in total. The topological polar surface area (TPSA) is 62.1 Å². The third-order valence-electron chi connectivity index (χ3n) is 4.37. The van der Waals surface area contributed by atoms with E-state index in [1.54, 1.807) is 36.4 Å². The first-order valence-corrected chi connectivity index (χ1v) is 10.8. The summed E-state index contributed by atoms with van der Waals surface area (Å²) in [6, 6.07) is 19.9. The number of nitriles is 1. The molecule has 0 fully saturated rings. The van der Waals surface area contributed by atoms with E-state index in [1.807, 2.05) is 37.3 Å². The monoisotopic (exact) mass is 514 g/mol. The quantitative estimate of drug-likeness (QED) is 0.279. The van der Waals surface area contributed by atoms with Crippen molar-refractivity contribution in [3.63, 3.8) is 0 Å². The summed E-state index contributed by atoms with van der Waals surface area (Å²) in [6.45, 7) is 2.19. The van der Waals surface area contributed by atoms with Crippen molar-refractivity contribution in [2.24, 2.45) is 0 Å². The zero-order chi connectivity index (χ0) is 22.4. The molecule has 31 heavy (non-hydrogen) atoms. The number of rotatable bonds is 6. The van der Waals surface area contributed by atoms with Crippen molar-refractivity contribution >= 4 is 56.8 Å². The molecule has 0 atom stereocenters. The van der Waals surface area contributed by atoms with Gasteiger partial charge in [0.05, 0.1) is 0 Å². The summed E-state index contributed by atoms with van der Waals surface area (Å²) in [4.78, 5) is 12.6. The van der Waals surface area contributed by atoms with Crippen LogP contribution in [0.25, 0.3) is 6.08 Å². The van der Waals surface area contributed by atoms with Gasteiger partial charge in [-0.05, 0) is 66.6 Å². The summed E-state index contributed by atoms with van der Waals surface area (Å²) >= 11 is 15.6. The first-order valence-electron chi connectivity index (χ1n) is 9.22. The number of halogens is 3. The van der Waals surface area contributed by atoms with E-state index in [-0.39, 0.29) is 5.57 Å². The Morgan fingerprint density at radius 1 is 1.13 bits per heavy atom. The molecular weight excluding hydrogens is 499 g/mol. The molecule has 1 amide bonds. The molecule has 0 saturated carbocycles. The van der Waals surface area contributed by atoms with E-state index in [9.17, 15) is 10.1 Å². The molecule has 3 rings (SSSR count). The zero-order valence-corrected chi connectivity index (χ0v) is 19.6. The molecule has 0 saturated heterocycles. The van der Waals surface area contributed by atoms with Crippen LogP contribution in [0.15, 0.2) is 70.7 Å². The van der Waals surface area contributed by atoms with Gasteiger partial charge in [0.1, 0.15) is 24.0 Å². The molecule has 7 heteroatoms. The highest BCUT2D eigenvalue weighted by atomic mass is 79.9. The molecule has 156 valence electrons. The maximum atomic E-state index is 12.6. The molecule has 0 bridgehead atoms. The molecule has 0 spiro atoms. The lowest BCUT2D eigenvalue weighted by atomic mass is 10.1. The largest absolute Gasteiger partial charge is 0.488 e. The van der Waals surface area contributed by atoms with E-state index in [0.29, 0.717) is 33.7 Å². The van der Waals surface area contributed by atoms with Gasteiger partial charge in [0.25, 0.3) is 5.91 Å². The second-order valence-electron chi connectivity index (χ2n) is 6.69. The fourth-order valence-electron chi connectivity index (χ4n) is 2.68. The Balaban J connectivity index is 1.82. The van der Waals surface area contributed by atoms with E-state index >= 15 is 0 Å². The third kappa shape index (κ3) is 6.35. The number of carbonyl (C=O) groups excluding carboxylic acids is 1. The fourth-order valence-corrected chi connectivity index (χ4v) is 3.30. The van der Waals surface area contributed by atoms with E-state index < -0.39 is 5.91 Å². The smallest absolute Gasteiger partial charge is 0.266 e. The number of amides is 1. The molecular formula is C24H17BrCl2N2O2. The summed E-state index contributed by atoms with van der Waals surface area (Å²) in [7, 11) is 0. The van der Waals surface area contributed by atoms with Gasteiger partial charge in [-0.15, -0.1) is 0 Å². The van der Waals surface area contributed by atoms with Crippen LogP contribution in [0.2, 0.25) is 10.0 Å². The Bertz CT molecular complexity index is 1190. The van der Waals surface area contributed by atoms with Gasteiger partial charge in [-0.1, -0.05) is 57.3 Å². The van der Waals surface area contributed by atoms with Gasteiger partial charge >= 0.3 is 0 Å². The van der Waals surface area contributed by atoms with E-state index in [2.05, 4.69) is 21.2 Å². The summed E-state index contributed by atoms with van der Waals surface area (Å²) < 4.78 is 6.89. The molecule has 0 unspecified atom stereocenters. The highest BCUT2D eigenvalue weighted by molar-refractivity contribution is 9.10. The lowest BCUT2D eigenvalue weighted by Crippen LogP contribution is -2.13. The minimum Gasteiger partial charge on any atom is -0.488 e. The van der Waals surface area contributed by atoms with Crippen molar-refractivity contribution < 1.29 is 9.53 Å². The Kier molecular flexibility index (Phi) is 7.75. The van der Waals surface area contributed by atoms with E-state index in [0.717, 1.165) is 15.6 Å². The van der Waals surface area contributed by atoms with Gasteiger partial charge in [0.2, 0.25) is 0 Å². The summed E-state index contributed by atoms with van der Waals surface area (Å²) in [6.07, 6.45) is 1.45. The van der Waals surface area contributed by atoms with Gasteiger partial charge in [-0.25, -0.2) is 0 Å². The molecule has 0 aliphatic carbocycles. The first-order chi connectivity index (χ1) is 14.9. The average Bonchev–Trinajstić information content (AvgIpc) is 2.75. The lowest BCUT2D eigenvalue weighted by Gasteiger charge is -2.11. The molecule has 0 heterocycles. The minimum absolute atomic E-state index is 0.0903. The molecule has 1 N–H and O–H groups in total. The minimum atomic E-state index is -0.554. The second-order valence-corrected chi connectivity index (χ2v) is 8.44. The SMILES string of the molecule is Cc1ccc(NC(=O)/C(C#N)=C/c2cc(Cl)ccc2OCc2ccc(Br)cc2)cc1Cl. The number of anilines is 1. The van der Waals surface area contributed by atoms with Gasteiger partial charge in [-0.3, -0.25) is 4.79 Å². The Hall–Kier alpha value is -2.78. The number of nitrogens with one attached hydrogen (secondary N) is 1. The summed E-state index contributed by atoms with van der Waals surface area (Å²) in [5.41, 5.74) is 2.80. The molecule has 0 aromatic heterocycles. The third-order valence-corrected chi connectivity index (χ3v) is 5.55. The maximum absolute atomic E-state index is 12.6. The van der Waals surface area contributed by atoms with E-state index in [4.69, 9.17) is 27.9 Å². The fraction of sp³-hybridized carbons (Fsp3) is 0.0833. The average molecular weight is 516 g/mol. The van der Waals surface area contributed by atoms with Gasteiger partial charge in [0.15, 0.2) is 0 Å². The highest BCUT2D eigenvalue weighted by Crippen LogP contribution is 2.27. The van der Waals surface area contributed by atoms with Crippen molar-refractivity contribution in [2.45, 2.75) is 13.5 Å². The van der Waals surface area contributed by atoms with Crippen molar-refractivity contribution in [3.8, 4) is 11.8 Å². The number of benzene rings is 3. The number of nitrogens with zero attached hydrogens (tertiary/aromatic N) is 1. The molecule has 0 aliphatic heterocycles. The van der Waals surface area contributed by atoms with Crippen LogP contribution < -0.4 is 10.1 Å². The van der Waals surface area contributed by atoms with Gasteiger partial charge in [0, 0.05) is 25.8 Å². The van der Waals surface area contributed by atoms with Gasteiger partial charge < -0.3 is 10.1 Å². The normalized spacial score (nSPS) is 11.0. The molecule has 0 aliphatic rings. The van der Waals surface area contributed by atoms with Crippen molar-refractivity contribution in [2.75, 3.05) is 5.32 Å². The maximum Gasteiger partial charge on any atom is 0.266 e. The van der Waals surface area contributed by atoms with Crippen LogP contribution in [0.1, 0.15) is 16.7 Å². The lowest BCUT2D eigenvalue weighted by molar-refractivity contribution is -0.112. The number of ether oxygens (including phenoxy) is 1. The Labute approximate surface area is 199 Å². The van der Waals surface area contributed by atoms with E-state index in [1.165, 1.54) is 6.08 Å². The Morgan fingerprint density at radius 3 is 2.55 bits per heavy atom. The first kappa shape index (κ1) is 22.9. The van der Waals surface area contributed by atoms with Crippen LogP contribution >= 0.6 is 39.1 Å².